The van der Waals surface area contributed by atoms with Crippen molar-refractivity contribution in [2.24, 2.45) is 0 Å². The van der Waals surface area contributed by atoms with Gasteiger partial charge < -0.3 is 10.6 Å². The summed E-state index contributed by atoms with van der Waals surface area (Å²) < 4.78 is 0. The van der Waals surface area contributed by atoms with E-state index < -0.39 is 0 Å². The molecule has 104 valence electrons. The predicted molar refractivity (Wildman–Crippen MR) is 81.8 cm³/mol. The number of hydrogen-bond acceptors (Lipinski definition) is 4. The van der Waals surface area contributed by atoms with Crippen LogP contribution in [-0.4, -0.2) is 23.5 Å². The zero-order chi connectivity index (χ0) is 13.8. The van der Waals surface area contributed by atoms with Gasteiger partial charge in [0, 0.05) is 22.8 Å². The van der Waals surface area contributed by atoms with Crippen molar-refractivity contribution >= 4 is 22.9 Å². The normalized spacial score (nSPS) is 18.7. The minimum Gasteiger partial charge on any atom is -0.325 e. The highest BCUT2D eigenvalue weighted by atomic mass is 32.1. The fraction of sp³-hybridized carbons (Fsp3) is 0.333. The van der Waals surface area contributed by atoms with Gasteiger partial charge in [-0.15, -0.1) is 11.3 Å². The molecule has 5 heteroatoms. The summed E-state index contributed by atoms with van der Waals surface area (Å²) in [6.45, 7) is 0.928. The number of thiazole rings is 1. The third-order valence-electron chi connectivity index (χ3n) is 3.44. The number of benzene rings is 1. The molecule has 1 aromatic heterocycles. The van der Waals surface area contributed by atoms with Crippen LogP contribution in [0.2, 0.25) is 0 Å². The van der Waals surface area contributed by atoms with E-state index in [0.717, 1.165) is 42.1 Å². The van der Waals surface area contributed by atoms with E-state index in [4.69, 9.17) is 0 Å². The Morgan fingerprint density at radius 2 is 2.35 bits per heavy atom. The first-order chi connectivity index (χ1) is 9.83. The quantitative estimate of drug-likeness (QED) is 0.912. The number of hydrogen-bond donors (Lipinski definition) is 2. The second kappa shape index (κ2) is 6.15. The average Bonchev–Trinajstić information content (AvgIpc) is 3.03. The molecule has 3 rings (SSSR count). The molecule has 2 heterocycles. The highest BCUT2D eigenvalue weighted by molar-refractivity contribution is 7.13. The van der Waals surface area contributed by atoms with Crippen LogP contribution >= 0.6 is 11.3 Å². The minimum absolute atomic E-state index is 0.0565. The van der Waals surface area contributed by atoms with Gasteiger partial charge in [0.2, 0.25) is 5.91 Å². The summed E-state index contributed by atoms with van der Waals surface area (Å²) in [7, 11) is 0. The second-order valence-corrected chi connectivity index (χ2v) is 5.80. The second-order valence-electron chi connectivity index (χ2n) is 4.91. The predicted octanol–water partition coefficient (Wildman–Crippen LogP) is 2.89. The monoisotopic (exact) mass is 287 g/mol. The summed E-state index contributed by atoms with van der Waals surface area (Å²) in [4.78, 5) is 16.5. The van der Waals surface area contributed by atoms with Crippen LogP contribution in [0.15, 0.2) is 35.8 Å². The van der Waals surface area contributed by atoms with Gasteiger partial charge in [0.25, 0.3) is 0 Å². The number of aromatic nitrogens is 1. The largest absolute Gasteiger partial charge is 0.325 e. The zero-order valence-corrected chi connectivity index (χ0v) is 12.0. The summed E-state index contributed by atoms with van der Waals surface area (Å²) in [5.74, 6) is 0.0565. The van der Waals surface area contributed by atoms with Gasteiger partial charge in [-0.05, 0) is 31.5 Å². The molecule has 20 heavy (non-hydrogen) atoms. The highest BCUT2D eigenvalue weighted by Crippen LogP contribution is 2.24. The highest BCUT2D eigenvalue weighted by Gasteiger charge is 2.20. The lowest BCUT2D eigenvalue weighted by atomic mass is 10.0. The smallest absolute Gasteiger partial charge is 0.241 e. The summed E-state index contributed by atoms with van der Waals surface area (Å²) in [6, 6.07) is 7.78. The molecular weight excluding hydrogens is 270 g/mol. The Hall–Kier alpha value is -1.72. The molecule has 0 aliphatic carbocycles. The molecule has 0 bridgehead atoms. The van der Waals surface area contributed by atoms with E-state index in [9.17, 15) is 4.79 Å². The maximum Gasteiger partial charge on any atom is 0.241 e. The van der Waals surface area contributed by atoms with E-state index in [-0.39, 0.29) is 11.9 Å². The van der Waals surface area contributed by atoms with Crippen molar-refractivity contribution in [3.05, 3.63) is 35.8 Å². The van der Waals surface area contributed by atoms with E-state index in [2.05, 4.69) is 15.6 Å². The van der Waals surface area contributed by atoms with E-state index in [0.29, 0.717) is 0 Å². The molecule has 0 radical (unpaired) electrons. The molecule has 1 aliphatic rings. The van der Waals surface area contributed by atoms with Gasteiger partial charge in [-0.1, -0.05) is 18.6 Å². The van der Waals surface area contributed by atoms with E-state index in [1.54, 1.807) is 17.5 Å². The number of amides is 1. The van der Waals surface area contributed by atoms with E-state index in [1.807, 2.05) is 29.6 Å². The van der Waals surface area contributed by atoms with E-state index >= 15 is 0 Å². The van der Waals surface area contributed by atoms with Crippen LogP contribution in [-0.2, 0) is 4.79 Å². The van der Waals surface area contributed by atoms with Gasteiger partial charge in [-0.25, -0.2) is 4.98 Å². The van der Waals surface area contributed by atoms with Crippen molar-refractivity contribution in [2.75, 3.05) is 11.9 Å². The summed E-state index contributed by atoms with van der Waals surface area (Å²) in [5, 5.41) is 9.17. The average molecular weight is 287 g/mol. The van der Waals surface area contributed by atoms with Crippen molar-refractivity contribution in [3.63, 3.8) is 0 Å². The fourth-order valence-corrected chi connectivity index (χ4v) is 3.04. The Morgan fingerprint density at radius 3 is 3.10 bits per heavy atom. The number of rotatable bonds is 3. The molecule has 1 aliphatic heterocycles. The molecule has 1 fully saturated rings. The van der Waals surface area contributed by atoms with Gasteiger partial charge in [0.05, 0.1) is 6.04 Å². The van der Waals surface area contributed by atoms with Crippen LogP contribution in [0.3, 0.4) is 0 Å². The maximum absolute atomic E-state index is 12.2. The first kappa shape index (κ1) is 13.3. The maximum atomic E-state index is 12.2. The summed E-state index contributed by atoms with van der Waals surface area (Å²) in [5.41, 5.74) is 1.87. The van der Waals surface area contributed by atoms with Crippen LogP contribution in [0.25, 0.3) is 10.6 Å². The van der Waals surface area contributed by atoms with Crippen LogP contribution in [0.5, 0.6) is 0 Å². The van der Waals surface area contributed by atoms with Gasteiger partial charge >= 0.3 is 0 Å². The SMILES string of the molecule is O=C(Nc1cccc(-c2nccs2)c1)[C@@H]1CCCCN1. The van der Waals surface area contributed by atoms with Crippen molar-refractivity contribution in [1.82, 2.24) is 10.3 Å². The zero-order valence-electron chi connectivity index (χ0n) is 11.1. The molecule has 1 amide bonds. The number of piperidine rings is 1. The van der Waals surface area contributed by atoms with Crippen LogP contribution in [0.1, 0.15) is 19.3 Å². The van der Waals surface area contributed by atoms with Crippen molar-refractivity contribution < 1.29 is 4.79 Å². The van der Waals surface area contributed by atoms with Crippen LogP contribution in [0, 0.1) is 0 Å². The third-order valence-corrected chi connectivity index (χ3v) is 4.26. The van der Waals surface area contributed by atoms with E-state index in [1.165, 1.54) is 0 Å². The van der Waals surface area contributed by atoms with Gasteiger partial charge in [-0.3, -0.25) is 4.79 Å². The van der Waals surface area contributed by atoms with Gasteiger partial charge in [0.15, 0.2) is 0 Å². The van der Waals surface area contributed by atoms with Crippen LogP contribution < -0.4 is 10.6 Å². The third kappa shape index (κ3) is 3.05. The van der Waals surface area contributed by atoms with Gasteiger partial charge in [-0.2, -0.15) is 0 Å². The first-order valence-electron chi connectivity index (χ1n) is 6.87. The molecular formula is C15H17N3OS. The Balaban J connectivity index is 1.71. The van der Waals surface area contributed by atoms with Gasteiger partial charge in [0.1, 0.15) is 5.01 Å². The van der Waals surface area contributed by atoms with Crippen molar-refractivity contribution in [3.8, 4) is 10.6 Å². The molecule has 0 unspecified atom stereocenters. The molecule has 0 spiro atoms. The number of carbonyl (C=O) groups is 1. The Kier molecular flexibility index (Phi) is 4.08. The lowest BCUT2D eigenvalue weighted by molar-refractivity contribution is -0.118. The molecule has 1 saturated heterocycles. The van der Waals surface area contributed by atoms with Crippen molar-refractivity contribution in [2.45, 2.75) is 25.3 Å². The summed E-state index contributed by atoms with van der Waals surface area (Å²) >= 11 is 1.60. The summed E-state index contributed by atoms with van der Waals surface area (Å²) in [6.07, 6.45) is 4.97. The standard InChI is InChI=1S/C15H17N3OS/c19-14(13-6-1-2-7-16-13)18-12-5-3-4-11(10-12)15-17-8-9-20-15/h3-5,8-10,13,16H,1-2,6-7H2,(H,18,19)/t13-/m0/s1. The number of anilines is 1. The molecule has 2 N–H and O–H groups in total. The first-order valence-corrected chi connectivity index (χ1v) is 7.75. The van der Waals surface area contributed by atoms with Crippen LogP contribution in [0.4, 0.5) is 5.69 Å². The molecule has 1 aromatic carbocycles. The molecule has 0 saturated carbocycles. The Morgan fingerprint density at radius 1 is 1.40 bits per heavy atom. The number of carbonyl (C=O) groups excluding carboxylic acids is 1. The fourth-order valence-electron chi connectivity index (χ4n) is 2.40. The Labute approximate surface area is 122 Å². The lowest BCUT2D eigenvalue weighted by Crippen LogP contribution is -2.43. The lowest BCUT2D eigenvalue weighted by Gasteiger charge is -2.22. The molecule has 4 nitrogen and oxygen atoms in total. The minimum atomic E-state index is -0.0627. The Bertz CT molecular complexity index is 577. The number of nitrogens with one attached hydrogen (secondary N) is 2. The molecule has 1 atom stereocenters. The topological polar surface area (TPSA) is 54.0 Å². The number of nitrogens with zero attached hydrogens (tertiary/aromatic N) is 1. The molecule has 2 aromatic rings. The van der Waals surface area contributed by atoms with Crippen molar-refractivity contribution in [1.29, 1.82) is 0 Å².